The van der Waals surface area contributed by atoms with Gasteiger partial charge in [0.15, 0.2) is 0 Å². The number of halogens is 3. The van der Waals surface area contributed by atoms with Crippen molar-refractivity contribution in [1.29, 1.82) is 0 Å². The van der Waals surface area contributed by atoms with Crippen LogP contribution in [0.1, 0.15) is 47.1 Å². The van der Waals surface area contributed by atoms with Gasteiger partial charge in [0.1, 0.15) is 5.76 Å². The Bertz CT molecular complexity index is 983. The first-order valence-electron chi connectivity index (χ1n) is 10.1. The molecule has 8 heteroatoms. The fourth-order valence-corrected chi connectivity index (χ4v) is 3.39. The number of hydrogen-bond donors (Lipinski definition) is 1. The molecule has 0 bridgehead atoms. The maximum absolute atomic E-state index is 12.8. The molecule has 0 aliphatic carbocycles. The molecule has 0 saturated heterocycles. The third kappa shape index (κ3) is 8.13. The number of para-hydroxylation sites is 1. The van der Waals surface area contributed by atoms with Gasteiger partial charge in [-0.05, 0) is 42.5 Å². The number of alkyl halides is 3. The summed E-state index contributed by atoms with van der Waals surface area (Å²) in [4.78, 5) is -0.475. The van der Waals surface area contributed by atoms with Crippen LogP contribution in [0.3, 0.4) is 0 Å². The second kappa shape index (κ2) is 13.5. The predicted molar refractivity (Wildman–Crippen MR) is 120 cm³/mol. The zero-order valence-corrected chi connectivity index (χ0v) is 19.4. The van der Waals surface area contributed by atoms with Crippen LogP contribution < -0.4 is 4.72 Å². The van der Waals surface area contributed by atoms with Crippen LogP contribution in [-0.2, 0) is 16.2 Å². The van der Waals surface area contributed by atoms with Crippen molar-refractivity contribution in [2.45, 2.75) is 52.6 Å². The molecule has 3 rings (SSSR count). The van der Waals surface area contributed by atoms with Gasteiger partial charge >= 0.3 is 6.18 Å². The number of anilines is 1. The lowest BCUT2D eigenvalue weighted by Crippen LogP contribution is -2.15. The number of benzene rings is 2. The summed E-state index contributed by atoms with van der Waals surface area (Å²) in [7, 11) is -4.20. The van der Waals surface area contributed by atoms with E-state index in [2.05, 4.69) is 4.72 Å². The van der Waals surface area contributed by atoms with E-state index in [1.807, 2.05) is 41.5 Å². The van der Waals surface area contributed by atoms with Gasteiger partial charge in [-0.2, -0.15) is 13.2 Å². The van der Waals surface area contributed by atoms with Gasteiger partial charge < -0.3 is 4.42 Å². The predicted octanol–water partition coefficient (Wildman–Crippen LogP) is 7.84. The topological polar surface area (TPSA) is 59.3 Å². The Morgan fingerprint density at radius 3 is 1.97 bits per heavy atom. The molecule has 3 aromatic rings. The second-order valence-electron chi connectivity index (χ2n) is 5.15. The van der Waals surface area contributed by atoms with Crippen LogP contribution in [0.4, 0.5) is 18.9 Å². The fourth-order valence-electron chi connectivity index (χ4n) is 2.26. The highest BCUT2D eigenvalue weighted by atomic mass is 32.2. The van der Waals surface area contributed by atoms with Crippen molar-refractivity contribution >= 4 is 15.7 Å². The normalized spacial score (nSPS) is 10.4. The Morgan fingerprint density at radius 2 is 1.42 bits per heavy atom. The third-order valence-electron chi connectivity index (χ3n) is 3.43. The second-order valence-corrected chi connectivity index (χ2v) is 6.84. The van der Waals surface area contributed by atoms with Crippen LogP contribution in [0.5, 0.6) is 0 Å². The van der Waals surface area contributed by atoms with Crippen molar-refractivity contribution in [2.75, 3.05) is 4.72 Å². The van der Waals surface area contributed by atoms with E-state index in [0.29, 0.717) is 17.4 Å². The minimum absolute atomic E-state index is 0.204. The smallest absolute Gasteiger partial charge is 0.416 e. The Balaban J connectivity index is 0.00000138. The van der Waals surface area contributed by atoms with Crippen molar-refractivity contribution in [1.82, 2.24) is 0 Å². The van der Waals surface area contributed by atoms with E-state index >= 15 is 0 Å². The molecule has 1 aromatic heterocycles. The lowest BCUT2D eigenvalue weighted by Gasteiger charge is -2.13. The average molecular weight is 458 g/mol. The highest BCUT2D eigenvalue weighted by molar-refractivity contribution is 7.92. The van der Waals surface area contributed by atoms with Crippen molar-refractivity contribution in [2.24, 2.45) is 0 Å². The largest absolute Gasteiger partial charge is 0.464 e. The van der Waals surface area contributed by atoms with Crippen molar-refractivity contribution in [3.05, 3.63) is 72.5 Å². The van der Waals surface area contributed by atoms with Crippen molar-refractivity contribution < 1.29 is 26.0 Å². The van der Waals surface area contributed by atoms with E-state index in [-0.39, 0.29) is 5.69 Å². The number of rotatable bonds is 4. The summed E-state index contributed by atoms with van der Waals surface area (Å²) in [5, 5.41) is 0. The standard InChI is InChI=1S/C17H12F3NO3S.3C2H6/c18-17(19,20)12-5-3-6-13(11-12)25(22,23)21-15-8-2-1-7-14(15)16-9-4-10-24-16;3*1-2/h1-11,21H;3*1-2H3. The Hall–Kier alpha value is -2.74. The van der Waals surface area contributed by atoms with Crippen LogP contribution in [-0.4, -0.2) is 8.42 Å². The average Bonchev–Trinajstić information content (AvgIpc) is 3.32. The first kappa shape index (κ1) is 28.3. The molecule has 0 radical (unpaired) electrons. The molecule has 1 heterocycles. The molecule has 2 aromatic carbocycles. The molecule has 4 nitrogen and oxygen atoms in total. The summed E-state index contributed by atoms with van der Waals surface area (Å²) in [6, 6.07) is 13.3. The molecule has 0 unspecified atom stereocenters. The van der Waals surface area contributed by atoms with Crippen LogP contribution in [0.15, 0.2) is 76.2 Å². The van der Waals surface area contributed by atoms with Gasteiger partial charge in [0.2, 0.25) is 0 Å². The van der Waals surface area contributed by atoms with Gasteiger partial charge in [0.25, 0.3) is 10.0 Å². The van der Waals surface area contributed by atoms with Gasteiger partial charge in [0.05, 0.1) is 22.4 Å². The van der Waals surface area contributed by atoms with E-state index < -0.39 is 26.7 Å². The van der Waals surface area contributed by atoms with Gasteiger partial charge in [-0.15, -0.1) is 0 Å². The molecule has 31 heavy (non-hydrogen) atoms. The summed E-state index contributed by atoms with van der Waals surface area (Å²) >= 11 is 0. The first-order valence-corrected chi connectivity index (χ1v) is 11.6. The van der Waals surface area contributed by atoms with E-state index in [0.717, 1.165) is 18.2 Å². The molecule has 0 aliphatic rings. The monoisotopic (exact) mass is 457 g/mol. The number of nitrogens with one attached hydrogen (secondary N) is 1. The number of furan rings is 1. The van der Waals surface area contributed by atoms with Gasteiger partial charge in [0, 0.05) is 5.56 Å². The van der Waals surface area contributed by atoms with Crippen LogP contribution in [0.2, 0.25) is 0 Å². The van der Waals surface area contributed by atoms with Gasteiger partial charge in [-0.25, -0.2) is 8.42 Å². The Morgan fingerprint density at radius 1 is 0.806 bits per heavy atom. The van der Waals surface area contributed by atoms with Crippen LogP contribution in [0, 0.1) is 0 Å². The number of hydrogen-bond acceptors (Lipinski definition) is 3. The molecule has 1 N–H and O–H groups in total. The van der Waals surface area contributed by atoms with Gasteiger partial charge in [-0.1, -0.05) is 59.7 Å². The Kier molecular flexibility index (Phi) is 12.3. The highest BCUT2D eigenvalue weighted by Crippen LogP contribution is 2.32. The van der Waals surface area contributed by atoms with E-state index in [9.17, 15) is 21.6 Å². The summed E-state index contributed by atoms with van der Waals surface area (Å²) in [6.45, 7) is 12.0. The summed E-state index contributed by atoms with van der Waals surface area (Å²) in [6.07, 6.45) is -3.19. The maximum Gasteiger partial charge on any atom is 0.416 e. The molecule has 0 aliphatic heterocycles. The van der Waals surface area contributed by atoms with Crippen molar-refractivity contribution in [3.63, 3.8) is 0 Å². The minimum atomic E-state index is -4.63. The quantitative estimate of drug-likeness (QED) is 0.434. The third-order valence-corrected chi connectivity index (χ3v) is 4.79. The lowest BCUT2D eigenvalue weighted by molar-refractivity contribution is -0.137. The zero-order chi connectivity index (χ0) is 24.1. The molecule has 0 amide bonds. The molecular weight excluding hydrogens is 427 g/mol. The highest BCUT2D eigenvalue weighted by Gasteiger charge is 2.31. The lowest BCUT2D eigenvalue weighted by atomic mass is 10.1. The fraction of sp³-hybridized carbons (Fsp3) is 0.304. The summed E-state index contributed by atoms with van der Waals surface area (Å²) in [5.74, 6) is 0.433. The summed E-state index contributed by atoms with van der Waals surface area (Å²) in [5.41, 5.74) is -0.354. The first-order chi connectivity index (χ1) is 14.8. The van der Waals surface area contributed by atoms with Crippen molar-refractivity contribution in [3.8, 4) is 11.3 Å². The molecular formula is C23H30F3NO3S. The summed E-state index contributed by atoms with van der Waals surface area (Å²) < 4.78 is 71.0. The van der Waals surface area contributed by atoms with E-state index in [1.165, 1.54) is 12.3 Å². The van der Waals surface area contributed by atoms with Gasteiger partial charge in [-0.3, -0.25) is 4.72 Å². The minimum Gasteiger partial charge on any atom is -0.464 e. The Labute approximate surface area is 183 Å². The molecule has 172 valence electrons. The molecule has 0 spiro atoms. The molecule has 0 saturated carbocycles. The zero-order valence-electron chi connectivity index (χ0n) is 18.6. The maximum atomic E-state index is 12.8. The SMILES string of the molecule is CC.CC.CC.O=S(=O)(Nc1ccccc1-c1ccco1)c1cccc(C(F)(F)F)c1. The van der Waals surface area contributed by atoms with E-state index in [4.69, 9.17) is 4.42 Å². The van der Waals surface area contributed by atoms with Crippen LogP contribution in [0.25, 0.3) is 11.3 Å². The number of sulfonamides is 1. The molecule has 0 fully saturated rings. The molecule has 0 atom stereocenters. The van der Waals surface area contributed by atoms with E-state index in [1.54, 1.807) is 30.3 Å². The van der Waals surface area contributed by atoms with Crippen LogP contribution >= 0.6 is 0 Å².